The fraction of sp³-hybridized carbons (Fsp3) is 0.188. The van der Waals surface area contributed by atoms with Crippen molar-refractivity contribution in [3.05, 3.63) is 103 Å². The van der Waals surface area contributed by atoms with Crippen LogP contribution in [0.3, 0.4) is 0 Å². The van der Waals surface area contributed by atoms with Gasteiger partial charge in [0.1, 0.15) is 0 Å². The minimum Gasteiger partial charge on any atom is -0.0557 e. The third-order valence-electron chi connectivity index (χ3n) is 6.89. The quantitative estimate of drug-likeness (QED) is 0.185. The summed E-state index contributed by atoms with van der Waals surface area (Å²) in [5, 5.41) is 5.15. The number of fused-ring (bicyclic) bond motifs is 2. The van der Waals surface area contributed by atoms with Gasteiger partial charge >= 0.3 is 0 Å². The van der Waals surface area contributed by atoms with Gasteiger partial charge in [0.25, 0.3) is 0 Å². The molecule has 0 amide bonds. The van der Waals surface area contributed by atoms with Crippen molar-refractivity contribution in [2.24, 2.45) is 0 Å². The predicted octanol–water partition coefficient (Wildman–Crippen LogP) is 10.7. The van der Waals surface area contributed by atoms with Crippen molar-refractivity contribution >= 4 is 53.4 Å². The summed E-state index contributed by atoms with van der Waals surface area (Å²) in [7, 11) is 0. The SMILES string of the molecule is Cc1cc(C)c(-c2c3ccc(Br)cc3c(-c3c(C)cc(C)cc3C)c3ccc(Br)cc23)c(C)c1. The van der Waals surface area contributed by atoms with E-state index in [1.807, 2.05) is 0 Å². The smallest absolute Gasteiger partial charge is 0.0181 e. The molecule has 5 rings (SSSR count). The van der Waals surface area contributed by atoms with E-state index in [-0.39, 0.29) is 0 Å². The van der Waals surface area contributed by atoms with Gasteiger partial charge in [0.2, 0.25) is 0 Å². The largest absolute Gasteiger partial charge is 0.0557 e. The zero-order valence-corrected chi connectivity index (χ0v) is 23.7. The van der Waals surface area contributed by atoms with Gasteiger partial charge < -0.3 is 0 Å². The molecule has 0 aromatic heterocycles. The summed E-state index contributed by atoms with van der Waals surface area (Å²) in [5.74, 6) is 0. The Labute approximate surface area is 219 Å². The minimum atomic E-state index is 1.10. The minimum absolute atomic E-state index is 1.10. The summed E-state index contributed by atoms with van der Waals surface area (Å²) in [6.45, 7) is 13.3. The zero-order chi connectivity index (χ0) is 24.3. The predicted molar refractivity (Wildman–Crippen MR) is 156 cm³/mol. The maximum absolute atomic E-state index is 3.78. The molecular weight excluding hydrogens is 544 g/mol. The Bertz CT molecular complexity index is 1450. The van der Waals surface area contributed by atoms with Crippen LogP contribution in [0.25, 0.3) is 43.8 Å². The summed E-state index contributed by atoms with van der Waals surface area (Å²) in [6.07, 6.45) is 0. The summed E-state index contributed by atoms with van der Waals surface area (Å²) in [5.41, 5.74) is 13.2. The Morgan fingerprint density at radius 3 is 1.03 bits per heavy atom. The molecule has 0 fully saturated rings. The summed E-state index contributed by atoms with van der Waals surface area (Å²) in [6, 6.07) is 22.7. The van der Waals surface area contributed by atoms with Crippen molar-refractivity contribution in [1.82, 2.24) is 0 Å². The van der Waals surface area contributed by atoms with E-state index in [0.717, 1.165) is 8.95 Å². The van der Waals surface area contributed by atoms with E-state index in [1.165, 1.54) is 77.2 Å². The van der Waals surface area contributed by atoms with Gasteiger partial charge in [-0.05, 0) is 132 Å². The number of aryl methyl sites for hydroxylation is 6. The maximum atomic E-state index is 3.78. The van der Waals surface area contributed by atoms with E-state index in [4.69, 9.17) is 0 Å². The molecule has 0 N–H and O–H groups in total. The van der Waals surface area contributed by atoms with Gasteiger partial charge in [-0.3, -0.25) is 0 Å². The van der Waals surface area contributed by atoms with Crippen molar-refractivity contribution < 1.29 is 0 Å². The van der Waals surface area contributed by atoms with Crippen LogP contribution in [-0.4, -0.2) is 0 Å². The number of hydrogen-bond acceptors (Lipinski definition) is 0. The summed E-state index contributed by atoms with van der Waals surface area (Å²) >= 11 is 7.55. The molecule has 5 aromatic carbocycles. The molecule has 0 saturated heterocycles. The fourth-order valence-corrected chi connectivity index (χ4v) is 6.58. The Balaban J connectivity index is 2.08. The number of benzene rings is 5. The Kier molecular flexibility index (Phi) is 5.94. The summed E-state index contributed by atoms with van der Waals surface area (Å²) in [4.78, 5) is 0. The summed E-state index contributed by atoms with van der Waals surface area (Å²) < 4.78 is 2.20. The molecule has 0 aliphatic rings. The molecule has 0 aliphatic heterocycles. The van der Waals surface area contributed by atoms with Gasteiger partial charge in [-0.25, -0.2) is 0 Å². The van der Waals surface area contributed by atoms with Crippen molar-refractivity contribution in [3.8, 4) is 22.3 Å². The molecule has 0 nitrogen and oxygen atoms in total. The number of hydrogen-bond donors (Lipinski definition) is 0. The first kappa shape index (κ1) is 23.3. The van der Waals surface area contributed by atoms with Gasteiger partial charge in [0.05, 0.1) is 0 Å². The van der Waals surface area contributed by atoms with Gasteiger partial charge in [-0.1, -0.05) is 79.4 Å². The lowest BCUT2D eigenvalue weighted by Crippen LogP contribution is -1.97. The van der Waals surface area contributed by atoms with Crippen LogP contribution in [0.15, 0.2) is 69.6 Å². The molecule has 0 spiro atoms. The first-order valence-electron chi connectivity index (χ1n) is 11.7. The molecule has 0 saturated carbocycles. The van der Waals surface area contributed by atoms with E-state index in [1.54, 1.807) is 0 Å². The normalized spacial score (nSPS) is 11.5. The zero-order valence-electron chi connectivity index (χ0n) is 20.5. The Morgan fingerprint density at radius 2 is 0.706 bits per heavy atom. The van der Waals surface area contributed by atoms with Gasteiger partial charge in [0.15, 0.2) is 0 Å². The van der Waals surface area contributed by atoms with Crippen LogP contribution in [0.1, 0.15) is 33.4 Å². The van der Waals surface area contributed by atoms with Crippen molar-refractivity contribution in [3.63, 3.8) is 0 Å². The molecule has 0 bridgehead atoms. The molecule has 170 valence electrons. The van der Waals surface area contributed by atoms with E-state index >= 15 is 0 Å². The highest BCUT2D eigenvalue weighted by molar-refractivity contribution is 9.10. The second-order valence-corrected chi connectivity index (χ2v) is 11.5. The lowest BCUT2D eigenvalue weighted by Gasteiger charge is -2.23. The van der Waals surface area contributed by atoms with Crippen LogP contribution in [0.5, 0.6) is 0 Å². The highest BCUT2D eigenvalue weighted by atomic mass is 79.9. The molecule has 0 atom stereocenters. The number of rotatable bonds is 2. The topological polar surface area (TPSA) is 0 Å². The van der Waals surface area contributed by atoms with Gasteiger partial charge in [0, 0.05) is 8.95 Å². The highest BCUT2D eigenvalue weighted by Crippen LogP contribution is 2.48. The van der Waals surface area contributed by atoms with Crippen LogP contribution in [0.2, 0.25) is 0 Å². The average molecular weight is 572 g/mol. The lowest BCUT2D eigenvalue weighted by molar-refractivity contribution is 1.32. The molecule has 34 heavy (non-hydrogen) atoms. The number of halogens is 2. The van der Waals surface area contributed by atoms with Crippen molar-refractivity contribution in [2.45, 2.75) is 41.5 Å². The van der Waals surface area contributed by atoms with Crippen molar-refractivity contribution in [1.29, 1.82) is 0 Å². The van der Waals surface area contributed by atoms with E-state index in [2.05, 4.69) is 134 Å². The van der Waals surface area contributed by atoms with Crippen molar-refractivity contribution in [2.75, 3.05) is 0 Å². The average Bonchev–Trinajstić information content (AvgIpc) is 2.73. The third-order valence-corrected chi connectivity index (χ3v) is 7.88. The van der Waals surface area contributed by atoms with E-state index in [0.29, 0.717) is 0 Å². The van der Waals surface area contributed by atoms with Crippen LogP contribution in [0, 0.1) is 41.5 Å². The van der Waals surface area contributed by atoms with Crippen LogP contribution >= 0.6 is 31.9 Å². The highest BCUT2D eigenvalue weighted by Gasteiger charge is 2.21. The van der Waals surface area contributed by atoms with Gasteiger partial charge in [-0.15, -0.1) is 0 Å². The third kappa shape index (κ3) is 3.82. The Morgan fingerprint density at radius 1 is 0.382 bits per heavy atom. The molecule has 0 heterocycles. The lowest BCUT2D eigenvalue weighted by atomic mass is 9.81. The fourth-order valence-electron chi connectivity index (χ4n) is 5.86. The maximum Gasteiger partial charge on any atom is 0.0181 e. The van der Waals surface area contributed by atoms with E-state index < -0.39 is 0 Å². The van der Waals surface area contributed by atoms with E-state index in [9.17, 15) is 0 Å². The molecule has 0 unspecified atom stereocenters. The first-order valence-corrected chi connectivity index (χ1v) is 13.2. The van der Waals surface area contributed by atoms with Gasteiger partial charge in [-0.2, -0.15) is 0 Å². The standard InChI is InChI=1S/C32H28Br2/c1-17-11-19(3)29(20(4)12-17)31-25-9-7-24(34)16-28(25)32(26-10-8-23(33)15-27(26)31)30-21(5)13-18(2)14-22(30)6/h7-16H,1-6H3. The second-order valence-electron chi connectivity index (χ2n) is 9.68. The van der Waals surface area contributed by atoms with Crippen LogP contribution < -0.4 is 0 Å². The molecule has 0 radical (unpaired) electrons. The van der Waals surface area contributed by atoms with Crippen LogP contribution in [-0.2, 0) is 0 Å². The molecule has 0 aliphatic carbocycles. The monoisotopic (exact) mass is 570 g/mol. The Hall–Kier alpha value is -2.42. The molecule has 5 aromatic rings. The van der Waals surface area contributed by atoms with Crippen LogP contribution in [0.4, 0.5) is 0 Å². The second kappa shape index (κ2) is 8.66. The first-order chi connectivity index (χ1) is 16.2. The molecular formula is C32H28Br2. The molecule has 2 heteroatoms.